The number of carbonyl (C=O) groups is 1. The van der Waals surface area contributed by atoms with Crippen molar-refractivity contribution in [2.75, 3.05) is 19.7 Å². The Morgan fingerprint density at radius 1 is 1.56 bits per heavy atom. The summed E-state index contributed by atoms with van der Waals surface area (Å²) in [4.78, 5) is 15.2. The highest BCUT2D eigenvalue weighted by Crippen LogP contribution is 2.05. The molecule has 0 bridgehead atoms. The van der Waals surface area contributed by atoms with E-state index in [0.29, 0.717) is 31.9 Å². The monoisotopic (exact) mass is 223 g/mol. The molecule has 16 heavy (non-hydrogen) atoms. The molecule has 0 aliphatic rings. The second kappa shape index (κ2) is 7.64. The molecule has 0 radical (unpaired) electrons. The molecule has 1 aromatic rings. The minimum atomic E-state index is -0.0164. The van der Waals surface area contributed by atoms with Gasteiger partial charge in [-0.15, -0.1) is 0 Å². The van der Waals surface area contributed by atoms with E-state index in [0.717, 1.165) is 6.42 Å². The zero-order valence-corrected chi connectivity index (χ0v) is 9.19. The predicted molar refractivity (Wildman–Crippen MR) is 61.0 cm³/mol. The summed E-state index contributed by atoms with van der Waals surface area (Å²) in [5.74, 6) is 0.662. The van der Waals surface area contributed by atoms with Gasteiger partial charge < -0.3 is 15.8 Å². The van der Waals surface area contributed by atoms with Gasteiger partial charge in [0, 0.05) is 12.7 Å². The number of nitrogens with zero attached hydrogens (tertiary/aromatic N) is 1. The molecule has 0 aromatic carbocycles. The molecule has 5 heteroatoms. The summed E-state index contributed by atoms with van der Waals surface area (Å²) >= 11 is 0. The molecule has 1 heterocycles. The Labute approximate surface area is 95.0 Å². The lowest BCUT2D eigenvalue weighted by molar-refractivity contribution is -0.121. The highest BCUT2D eigenvalue weighted by molar-refractivity contribution is 5.75. The first-order valence-corrected chi connectivity index (χ1v) is 5.32. The highest BCUT2D eigenvalue weighted by atomic mass is 16.5. The van der Waals surface area contributed by atoms with Crippen LogP contribution in [0.3, 0.4) is 0 Å². The zero-order valence-electron chi connectivity index (χ0n) is 9.19. The van der Waals surface area contributed by atoms with Crippen LogP contribution in [0.5, 0.6) is 5.75 Å². The maximum absolute atomic E-state index is 11.3. The second-order valence-corrected chi connectivity index (χ2v) is 3.28. The number of aromatic nitrogens is 1. The molecule has 88 valence electrons. The van der Waals surface area contributed by atoms with Gasteiger partial charge in [-0.25, -0.2) is 0 Å². The van der Waals surface area contributed by atoms with Crippen LogP contribution in [-0.4, -0.2) is 30.6 Å². The van der Waals surface area contributed by atoms with Gasteiger partial charge in [0.25, 0.3) is 0 Å². The number of nitrogens with one attached hydrogen (secondary N) is 1. The Morgan fingerprint density at radius 2 is 2.44 bits per heavy atom. The molecule has 0 atom stereocenters. The normalized spacial score (nSPS) is 9.81. The topological polar surface area (TPSA) is 77.2 Å². The van der Waals surface area contributed by atoms with E-state index in [1.165, 1.54) is 0 Å². The fourth-order valence-electron chi connectivity index (χ4n) is 1.11. The van der Waals surface area contributed by atoms with E-state index in [1.807, 2.05) is 0 Å². The van der Waals surface area contributed by atoms with Gasteiger partial charge in [0.05, 0.1) is 19.2 Å². The third-order valence-corrected chi connectivity index (χ3v) is 1.94. The first-order valence-electron chi connectivity index (χ1n) is 5.32. The lowest BCUT2D eigenvalue weighted by Gasteiger charge is -2.06. The van der Waals surface area contributed by atoms with Gasteiger partial charge in [-0.05, 0) is 25.1 Å². The zero-order chi connectivity index (χ0) is 11.6. The maximum Gasteiger partial charge on any atom is 0.223 e. The van der Waals surface area contributed by atoms with E-state index in [-0.39, 0.29) is 5.91 Å². The van der Waals surface area contributed by atoms with E-state index in [9.17, 15) is 4.79 Å². The van der Waals surface area contributed by atoms with Crippen molar-refractivity contribution >= 4 is 5.91 Å². The van der Waals surface area contributed by atoms with Crippen LogP contribution in [0.4, 0.5) is 0 Å². The highest BCUT2D eigenvalue weighted by Gasteiger charge is 2.00. The van der Waals surface area contributed by atoms with E-state index >= 15 is 0 Å². The van der Waals surface area contributed by atoms with Crippen molar-refractivity contribution in [1.82, 2.24) is 10.3 Å². The molecule has 0 saturated carbocycles. The Kier molecular flexibility index (Phi) is 5.95. The van der Waals surface area contributed by atoms with Gasteiger partial charge in [-0.2, -0.15) is 0 Å². The largest absolute Gasteiger partial charge is 0.491 e. The molecule has 0 fully saturated rings. The maximum atomic E-state index is 11.3. The van der Waals surface area contributed by atoms with Crippen molar-refractivity contribution < 1.29 is 9.53 Å². The van der Waals surface area contributed by atoms with Crippen LogP contribution in [0, 0.1) is 0 Å². The first-order chi connectivity index (χ1) is 7.83. The minimum absolute atomic E-state index is 0.0164. The van der Waals surface area contributed by atoms with Gasteiger partial charge in [0.1, 0.15) is 5.75 Å². The van der Waals surface area contributed by atoms with Crippen molar-refractivity contribution in [2.24, 2.45) is 5.73 Å². The molecule has 5 nitrogen and oxygen atoms in total. The second-order valence-electron chi connectivity index (χ2n) is 3.28. The first kappa shape index (κ1) is 12.4. The quantitative estimate of drug-likeness (QED) is 0.652. The molecule has 0 saturated heterocycles. The predicted octanol–water partition coefficient (Wildman–Crippen LogP) is 0.316. The van der Waals surface area contributed by atoms with E-state index in [2.05, 4.69) is 10.3 Å². The van der Waals surface area contributed by atoms with Crippen LogP contribution in [0.1, 0.15) is 12.8 Å². The van der Waals surface area contributed by atoms with E-state index in [1.54, 1.807) is 24.5 Å². The smallest absolute Gasteiger partial charge is 0.223 e. The lowest BCUT2D eigenvalue weighted by Crippen LogP contribution is -2.27. The molecule has 1 rings (SSSR count). The average molecular weight is 223 g/mol. The average Bonchev–Trinajstić information content (AvgIpc) is 2.31. The van der Waals surface area contributed by atoms with Crippen LogP contribution in [-0.2, 0) is 4.79 Å². The van der Waals surface area contributed by atoms with Crippen molar-refractivity contribution in [2.45, 2.75) is 12.8 Å². The van der Waals surface area contributed by atoms with Gasteiger partial charge in [-0.1, -0.05) is 0 Å². The summed E-state index contributed by atoms with van der Waals surface area (Å²) in [6.07, 6.45) is 4.44. The standard InChI is InChI=1S/C11H17N3O2/c12-5-2-7-14-11(15)4-8-16-10-3-1-6-13-9-10/h1,3,6,9H,2,4-5,7-8,12H2,(H,14,15). The Hall–Kier alpha value is -1.62. The summed E-state index contributed by atoms with van der Waals surface area (Å²) < 4.78 is 5.33. The summed E-state index contributed by atoms with van der Waals surface area (Å²) in [6.45, 7) is 1.58. The summed E-state index contributed by atoms with van der Waals surface area (Å²) in [5.41, 5.74) is 5.31. The lowest BCUT2D eigenvalue weighted by atomic mass is 10.4. The number of amides is 1. The number of hydrogen-bond acceptors (Lipinski definition) is 4. The SMILES string of the molecule is NCCCNC(=O)CCOc1cccnc1. The van der Waals surface area contributed by atoms with Gasteiger partial charge in [0.15, 0.2) is 0 Å². The molecular formula is C11H17N3O2. The van der Waals surface area contributed by atoms with Crippen LogP contribution >= 0.6 is 0 Å². The molecule has 1 aromatic heterocycles. The van der Waals surface area contributed by atoms with Crippen molar-refractivity contribution in [3.05, 3.63) is 24.5 Å². The summed E-state index contributed by atoms with van der Waals surface area (Å²) in [7, 11) is 0. The van der Waals surface area contributed by atoms with Gasteiger partial charge in [0.2, 0.25) is 5.91 Å². The van der Waals surface area contributed by atoms with Crippen LogP contribution in [0.15, 0.2) is 24.5 Å². The molecule has 1 amide bonds. The minimum Gasteiger partial charge on any atom is -0.491 e. The van der Waals surface area contributed by atoms with Crippen molar-refractivity contribution in [3.8, 4) is 5.75 Å². The number of nitrogens with two attached hydrogens (primary N) is 1. The van der Waals surface area contributed by atoms with Crippen molar-refractivity contribution in [3.63, 3.8) is 0 Å². The molecule has 0 aliphatic heterocycles. The number of pyridine rings is 1. The van der Waals surface area contributed by atoms with Gasteiger partial charge in [-0.3, -0.25) is 9.78 Å². The third kappa shape index (κ3) is 5.31. The van der Waals surface area contributed by atoms with Crippen molar-refractivity contribution in [1.29, 1.82) is 0 Å². The fraction of sp³-hybridized carbons (Fsp3) is 0.455. The Bertz CT molecular complexity index is 303. The van der Waals surface area contributed by atoms with E-state index < -0.39 is 0 Å². The molecule has 0 unspecified atom stereocenters. The van der Waals surface area contributed by atoms with E-state index in [4.69, 9.17) is 10.5 Å². The molecular weight excluding hydrogens is 206 g/mol. The molecule has 0 spiro atoms. The molecule has 0 aliphatic carbocycles. The Balaban J connectivity index is 2.09. The number of rotatable bonds is 7. The van der Waals surface area contributed by atoms with Crippen LogP contribution in [0.25, 0.3) is 0 Å². The number of hydrogen-bond donors (Lipinski definition) is 2. The third-order valence-electron chi connectivity index (χ3n) is 1.94. The fourth-order valence-corrected chi connectivity index (χ4v) is 1.11. The van der Waals surface area contributed by atoms with Crippen LogP contribution < -0.4 is 15.8 Å². The summed E-state index contributed by atoms with van der Waals surface area (Å²) in [5, 5.41) is 2.76. The summed E-state index contributed by atoms with van der Waals surface area (Å²) in [6, 6.07) is 3.59. The van der Waals surface area contributed by atoms with Crippen LogP contribution in [0.2, 0.25) is 0 Å². The van der Waals surface area contributed by atoms with Gasteiger partial charge >= 0.3 is 0 Å². The number of ether oxygens (including phenoxy) is 1. The Morgan fingerprint density at radius 3 is 3.12 bits per heavy atom. The number of carbonyl (C=O) groups excluding carboxylic acids is 1. The molecule has 3 N–H and O–H groups in total.